The molecule has 1 aromatic carbocycles. The Morgan fingerprint density at radius 2 is 1.74 bits per heavy atom. The van der Waals surface area contributed by atoms with E-state index in [1.54, 1.807) is 0 Å². The quantitative estimate of drug-likeness (QED) is 0.470. The van der Waals surface area contributed by atoms with Crippen molar-refractivity contribution in [3.8, 4) is 0 Å². The van der Waals surface area contributed by atoms with Gasteiger partial charge in [-0.3, -0.25) is 0 Å². The van der Waals surface area contributed by atoms with E-state index in [4.69, 9.17) is 10.1 Å². The molecular weight excluding hydrogens is 420 g/mol. The summed E-state index contributed by atoms with van der Waals surface area (Å²) in [6.07, 6.45) is 19.2. The first kappa shape index (κ1) is 23.2. The Labute approximate surface area is 204 Å². The number of pyridine rings is 1. The Balaban J connectivity index is 1.23. The van der Waals surface area contributed by atoms with Gasteiger partial charge in [0.2, 0.25) is 0 Å². The molecule has 1 saturated carbocycles. The van der Waals surface area contributed by atoms with Crippen molar-refractivity contribution in [2.45, 2.75) is 70.3 Å². The number of aliphatic hydroxyl groups is 1. The molecule has 5 nitrogen and oxygen atoms in total. The van der Waals surface area contributed by atoms with Crippen LogP contribution in [0.3, 0.4) is 0 Å². The predicted molar refractivity (Wildman–Crippen MR) is 143 cm³/mol. The zero-order chi connectivity index (χ0) is 23.2. The molecule has 182 valence electrons. The summed E-state index contributed by atoms with van der Waals surface area (Å²) in [7, 11) is 0. The van der Waals surface area contributed by atoms with Crippen molar-refractivity contribution in [1.82, 2.24) is 4.98 Å². The second-order valence-corrected chi connectivity index (χ2v) is 10.3. The molecule has 1 aliphatic carbocycles. The van der Waals surface area contributed by atoms with E-state index >= 15 is 0 Å². The molecule has 2 aliphatic heterocycles. The molecule has 0 bridgehead atoms. The summed E-state index contributed by atoms with van der Waals surface area (Å²) in [4.78, 5) is 9.82. The van der Waals surface area contributed by atoms with Gasteiger partial charge in [-0.05, 0) is 68.7 Å². The smallest absolute Gasteiger partial charge is 0.132 e. The zero-order valence-corrected chi connectivity index (χ0v) is 20.5. The van der Waals surface area contributed by atoms with Gasteiger partial charge in [0.1, 0.15) is 5.82 Å². The normalized spacial score (nSPS) is 19.7. The minimum atomic E-state index is 0.322. The maximum atomic E-state index is 9.07. The molecule has 0 atom stereocenters. The molecule has 1 saturated heterocycles. The molecule has 0 amide bonds. The first-order valence-corrected chi connectivity index (χ1v) is 13.5. The maximum Gasteiger partial charge on any atom is 0.132 e. The minimum absolute atomic E-state index is 0.322. The highest BCUT2D eigenvalue weighted by Gasteiger charge is 2.24. The van der Waals surface area contributed by atoms with Crippen LogP contribution in [0, 0.1) is 5.92 Å². The molecule has 2 N–H and O–H groups in total. The van der Waals surface area contributed by atoms with Gasteiger partial charge in [0.25, 0.3) is 0 Å². The molecule has 1 aromatic heterocycles. The van der Waals surface area contributed by atoms with Crippen molar-refractivity contribution in [3.05, 3.63) is 48.2 Å². The lowest BCUT2D eigenvalue weighted by molar-refractivity contribution is 0.261. The first-order valence-electron chi connectivity index (χ1n) is 13.5. The molecule has 34 heavy (non-hydrogen) atoms. The topological polar surface area (TPSA) is 51.6 Å². The van der Waals surface area contributed by atoms with E-state index in [0.29, 0.717) is 12.6 Å². The predicted octanol–water partition coefficient (Wildman–Crippen LogP) is 6.37. The van der Waals surface area contributed by atoms with Crippen LogP contribution in [-0.2, 0) is 0 Å². The van der Waals surface area contributed by atoms with Crippen LogP contribution in [0.5, 0.6) is 0 Å². The fourth-order valence-electron chi connectivity index (χ4n) is 5.97. The number of hydrogen-bond donors (Lipinski definition) is 2. The molecule has 3 aliphatic rings. The highest BCUT2D eigenvalue weighted by atomic mass is 16.2. The summed E-state index contributed by atoms with van der Waals surface area (Å²) in [5.41, 5.74) is 4.95. The number of aliphatic hydroxyl groups excluding tert-OH is 1. The number of aromatic nitrogens is 1. The van der Waals surface area contributed by atoms with Gasteiger partial charge >= 0.3 is 0 Å². The van der Waals surface area contributed by atoms with Crippen LogP contribution < -0.4 is 15.1 Å². The van der Waals surface area contributed by atoms with Gasteiger partial charge < -0.3 is 20.2 Å². The second kappa shape index (κ2) is 11.3. The van der Waals surface area contributed by atoms with E-state index in [1.807, 2.05) is 6.20 Å². The van der Waals surface area contributed by atoms with E-state index in [0.717, 1.165) is 49.9 Å². The van der Waals surface area contributed by atoms with Gasteiger partial charge in [0, 0.05) is 67.2 Å². The first-order chi connectivity index (χ1) is 16.8. The summed E-state index contributed by atoms with van der Waals surface area (Å²) in [5.74, 6) is 1.69. The van der Waals surface area contributed by atoms with Crippen molar-refractivity contribution >= 4 is 29.0 Å². The molecule has 2 fully saturated rings. The third-order valence-corrected chi connectivity index (χ3v) is 7.98. The zero-order valence-electron chi connectivity index (χ0n) is 20.5. The molecule has 5 rings (SSSR count). The van der Waals surface area contributed by atoms with Gasteiger partial charge in [0.15, 0.2) is 0 Å². The number of piperidine rings is 1. The van der Waals surface area contributed by atoms with Crippen LogP contribution in [0.15, 0.2) is 42.6 Å². The van der Waals surface area contributed by atoms with E-state index in [-0.39, 0.29) is 0 Å². The molecule has 2 aromatic rings. The maximum absolute atomic E-state index is 9.07. The van der Waals surface area contributed by atoms with E-state index in [9.17, 15) is 0 Å². The fraction of sp³-hybridized carbons (Fsp3) is 0.552. The molecule has 0 radical (unpaired) electrons. The van der Waals surface area contributed by atoms with Crippen molar-refractivity contribution < 1.29 is 5.11 Å². The Hall–Kier alpha value is -2.53. The number of fused-ring (bicyclic) bond motifs is 1. The van der Waals surface area contributed by atoms with Crippen LogP contribution in [0.25, 0.3) is 6.08 Å². The summed E-state index contributed by atoms with van der Waals surface area (Å²) < 4.78 is 0. The standard InChI is InChI=1S/C29H40N4O/c34-20-6-7-23-15-18-32(19-16-23)26-13-11-25(12-14-26)31-29-21-28-24(22-30-29)8-5-17-33(28)27-9-3-1-2-4-10-27/h5,8,11-14,21-23,27,34H,1-4,6-7,9-10,15-20H2,(H,30,31). The number of nitrogens with one attached hydrogen (secondary N) is 1. The van der Waals surface area contributed by atoms with E-state index in [2.05, 4.69) is 57.6 Å². The SMILES string of the molecule is OCCCC1CCN(c2ccc(Nc3cc4c(cn3)C=CCN4C3CCCCCC3)cc2)CC1. The highest BCUT2D eigenvalue weighted by Crippen LogP contribution is 2.34. The number of rotatable bonds is 7. The van der Waals surface area contributed by atoms with Gasteiger partial charge in [-0.1, -0.05) is 37.8 Å². The number of nitrogens with zero attached hydrogens (tertiary/aromatic N) is 3. The average Bonchev–Trinajstić information content (AvgIpc) is 3.17. The van der Waals surface area contributed by atoms with Crippen LogP contribution in [0.4, 0.5) is 22.9 Å². The molecular formula is C29H40N4O. The van der Waals surface area contributed by atoms with Crippen molar-refractivity contribution in [2.24, 2.45) is 5.92 Å². The van der Waals surface area contributed by atoms with Gasteiger partial charge in [-0.2, -0.15) is 0 Å². The summed E-state index contributed by atoms with van der Waals surface area (Å²) in [6.45, 7) is 3.55. The van der Waals surface area contributed by atoms with Crippen molar-refractivity contribution in [1.29, 1.82) is 0 Å². The fourth-order valence-corrected chi connectivity index (χ4v) is 5.97. The van der Waals surface area contributed by atoms with Crippen LogP contribution >= 0.6 is 0 Å². The lowest BCUT2D eigenvalue weighted by atomic mass is 9.92. The summed E-state index contributed by atoms with van der Waals surface area (Å²) >= 11 is 0. The Morgan fingerprint density at radius 1 is 0.971 bits per heavy atom. The minimum Gasteiger partial charge on any atom is -0.396 e. The summed E-state index contributed by atoms with van der Waals surface area (Å²) in [5, 5.41) is 12.6. The number of hydrogen-bond acceptors (Lipinski definition) is 5. The van der Waals surface area contributed by atoms with Gasteiger partial charge in [-0.25, -0.2) is 4.98 Å². The van der Waals surface area contributed by atoms with E-state index < -0.39 is 0 Å². The molecule has 0 spiro atoms. The molecule has 3 heterocycles. The third kappa shape index (κ3) is 5.57. The lowest BCUT2D eigenvalue weighted by Crippen LogP contribution is -2.37. The number of benzene rings is 1. The summed E-state index contributed by atoms with van der Waals surface area (Å²) in [6, 6.07) is 11.7. The van der Waals surface area contributed by atoms with Gasteiger partial charge in [-0.15, -0.1) is 0 Å². The van der Waals surface area contributed by atoms with E-state index in [1.165, 1.54) is 68.3 Å². The van der Waals surface area contributed by atoms with Crippen LogP contribution in [-0.4, -0.2) is 42.4 Å². The molecule has 0 unspecified atom stereocenters. The average molecular weight is 461 g/mol. The third-order valence-electron chi connectivity index (χ3n) is 7.98. The Morgan fingerprint density at radius 3 is 2.47 bits per heavy atom. The second-order valence-electron chi connectivity index (χ2n) is 10.3. The molecule has 5 heteroatoms. The highest BCUT2D eigenvalue weighted by molar-refractivity contribution is 5.75. The van der Waals surface area contributed by atoms with Crippen LogP contribution in [0.2, 0.25) is 0 Å². The Kier molecular flexibility index (Phi) is 7.69. The van der Waals surface area contributed by atoms with Crippen molar-refractivity contribution in [3.63, 3.8) is 0 Å². The Bertz CT molecular complexity index is 941. The lowest BCUT2D eigenvalue weighted by Gasteiger charge is -2.35. The monoisotopic (exact) mass is 460 g/mol. The largest absolute Gasteiger partial charge is 0.396 e. The van der Waals surface area contributed by atoms with Crippen molar-refractivity contribution in [2.75, 3.05) is 41.4 Å². The van der Waals surface area contributed by atoms with Crippen LogP contribution in [0.1, 0.15) is 69.8 Å². The van der Waals surface area contributed by atoms with Gasteiger partial charge in [0.05, 0.1) is 0 Å². The number of anilines is 4.